The zero-order valence-corrected chi connectivity index (χ0v) is 13.5. The molecule has 2 rings (SSSR count). The Hall–Kier alpha value is -1.26. The van der Waals surface area contributed by atoms with E-state index >= 15 is 0 Å². The van der Waals surface area contributed by atoms with E-state index in [1.165, 1.54) is 0 Å². The van der Waals surface area contributed by atoms with Gasteiger partial charge in [0.15, 0.2) is 0 Å². The predicted octanol–water partition coefficient (Wildman–Crippen LogP) is 2.68. The molecule has 1 aromatic rings. The van der Waals surface area contributed by atoms with Gasteiger partial charge in [-0.05, 0) is 43.0 Å². The first-order valence-electron chi connectivity index (χ1n) is 7.57. The van der Waals surface area contributed by atoms with E-state index in [0.717, 1.165) is 43.6 Å². The largest absolute Gasteiger partial charge is 0.368 e. The molecule has 1 fully saturated rings. The van der Waals surface area contributed by atoms with Crippen molar-refractivity contribution < 1.29 is 4.79 Å². The number of anilines is 1. The maximum Gasteiger partial charge on any atom is 0.240 e. The summed E-state index contributed by atoms with van der Waals surface area (Å²) in [6, 6.07) is 6.03. The quantitative estimate of drug-likeness (QED) is 0.879. The second-order valence-corrected chi connectivity index (χ2v) is 6.35. The van der Waals surface area contributed by atoms with Crippen molar-refractivity contribution in [3.05, 3.63) is 28.8 Å². The number of primary amides is 1. The van der Waals surface area contributed by atoms with Crippen LogP contribution in [-0.2, 0) is 11.3 Å². The second-order valence-electron chi connectivity index (χ2n) is 5.92. The van der Waals surface area contributed by atoms with E-state index in [4.69, 9.17) is 17.3 Å². The normalized spacial score (nSPS) is 19.0. The fourth-order valence-corrected chi connectivity index (χ4v) is 3.00. The summed E-state index contributed by atoms with van der Waals surface area (Å²) in [4.78, 5) is 13.9. The monoisotopic (exact) mass is 309 g/mol. The smallest absolute Gasteiger partial charge is 0.240 e. The highest BCUT2D eigenvalue weighted by Gasteiger charge is 2.28. The molecule has 1 atom stereocenters. The molecule has 0 saturated carbocycles. The molecule has 1 aromatic carbocycles. The van der Waals surface area contributed by atoms with Crippen molar-refractivity contribution in [1.29, 1.82) is 0 Å². The number of rotatable bonds is 5. The van der Waals surface area contributed by atoms with Crippen LogP contribution in [0.4, 0.5) is 5.69 Å². The first-order valence-corrected chi connectivity index (χ1v) is 7.94. The highest BCUT2D eigenvalue weighted by Crippen LogP contribution is 2.30. The highest BCUT2D eigenvalue weighted by molar-refractivity contribution is 6.30. The van der Waals surface area contributed by atoms with E-state index in [1.54, 1.807) is 0 Å². The van der Waals surface area contributed by atoms with E-state index in [1.807, 2.05) is 18.2 Å². The Morgan fingerprint density at radius 1 is 1.48 bits per heavy atom. The Morgan fingerprint density at radius 2 is 2.24 bits per heavy atom. The average Bonchev–Trinajstić information content (AvgIpc) is 2.45. The number of carbonyl (C=O) groups excluding carboxylic acids is 1. The molecule has 3 N–H and O–H groups in total. The summed E-state index contributed by atoms with van der Waals surface area (Å²) < 4.78 is 0. The Bertz CT molecular complexity index is 504. The van der Waals surface area contributed by atoms with E-state index < -0.39 is 0 Å². The summed E-state index contributed by atoms with van der Waals surface area (Å²) in [6.07, 6.45) is 2.97. The zero-order valence-electron chi connectivity index (χ0n) is 12.7. The fraction of sp³-hybridized carbons (Fsp3) is 0.562. The Balaban J connectivity index is 2.29. The maximum absolute atomic E-state index is 11.7. The first-order chi connectivity index (χ1) is 9.99. The van der Waals surface area contributed by atoms with E-state index in [9.17, 15) is 4.79 Å². The van der Waals surface area contributed by atoms with Crippen LogP contribution in [0.3, 0.4) is 0 Å². The minimum Gasteiger partial charge on any atom is -0.368 e. The lowest BCUT2D eigenvalue weighted by atomic mass is 9.99. The van der Waals surface area contributed by atoms with Gasteiger partial charge in [0.1, 0.15) is 6.04 Å². The number of carbonyl (C=O) groups is 1. The Labute approximate surface area is 131 Å². The molecule has 1 unspecified atom stereocenters. The van der Waals surface area contributed by atoms with Crippen molar-refractivity contribution >= 4 is 23.2 Å². The van der Waals surface area contributed by atoms with Crippen molar-refractivity contribution in [2.45, 2.75) is 51.7 Å². The van der Waals surface area contributed by atoms with Crippen molar-refractivity contribution in [3.63, 3.8) is 0 Å². The summed E-state index contributed by atoms with van der Waals surface area (Å²) in [6.45, 7) is 5.81. The van der Waals surface area contributed by atoms with Gasteiger partial charge in [-0.3, -0.25) is 4.79 Å². The number of nitrogens with two attached hydrogens (primary N) is 1. The molecular weight excluding hydrogens is 286 g/mol. The molecule has 0 aromatic heterocycles. The van der Waals surface area contributed by atoms with Gasteiger partial charge in [-0.15, -0.1) is 0 Å². The lowest BCUT2D eigenvalue weighted by Crippen LogP contribution is -2.48. The van der Waals surface area contributed by atoms with Crippen LogP contribution >= 0.6 is 11.6 Å². The second kappa shape index (κ2) is 7.14. The molecule has 1 saturated heterocycles. The number of halogens is 1. The van der Waals surface area contributed by atoms with Gasteiger partial charge in [0, 0.05) is 29.8 Å². The van der Waals surface area contributed by atoms with Gasteiger partial charge in [0.05, 0.1) is 0 Å². The summed E-state index contributed by atoms with van der Waals surface area (Å²) in [5, 5.41) is 4.13. The molecule has 0 radical (unpaired) electrons. The van der Waals surface area contributed by atoms with E-state index in [0.29, 0.717) is 11.1 Å². The summed E-state index contributed by atoms with van der Waals surface area (Å²) >= 11 is 6.13. The molecule has 5 heteroatoms. The lowest BCUT2D eigenvalue weighted by Gasteiger charge is -2.37. The van der Waals surface area contributed by atoms with Gasteiger partial charge in [0.25, 0.3) is 0 Å². The van der Waals surface area contributed by atoms with Crippen molar-refractivity contribution in [2.24, 2.45) is 5.73 Å². The number of nitrogens with zero attached hydrogens (tertiary/aromatic N) is 1. The zero-order chi connectivity index (χ0) is 15.4. The number of piperidine rings is 1. The highest BCUT2D eigenvalue weighted by atomic mass is 35.5. The first kappa shape index (κ1) is 16.1. The predicted molar refractivity (Wildman–Crippen MR) is 87.6 cm³/mol. The number of amides is 1. The van der Waals surface area contributed by atoms with Gasteiger partial charge in [-0.2, -0.15) is 0 Å². The van der Waals surface area contributed by atoms with Gasteiger partial charge >= 0.3 is 0 Å². The SMILES string of the molecule is CC(C)NCc1cc(Cl)ccc1N1CCCCC1C(N)=O. The van der Waals surface area contributed by atoms with Gasteiger partial charge in [-0.1, -0.05) is 25.4 Å². The van der Waals surface area contributed by atoms with Crippen molar-refractivity contribution in [3.8, 4) is 0 Å². The third-order valence-corrected chi connectivity index (χ3v) is 4.12. The van der Waals surface area contributed by atoms with Crippen LogP contribution < -0.4 is 16.0 Å². The lowest BCUT2D eigenvalue weighted by molar-refractivity contribution is -0.119. The Kier molecular flexibility index (Phi) is 5.48. The number of benzene rings is 1. The molecule has 4 nitrogen and oxygen atoms in total. The minimum atomic E-state index is -0.243. The summed E-state index contributed by atoms with van der Waals surface area (Å²) in [5.41, 5.74) is 7.76. The molecular formula is C16H24ClN3O. The molecule has 0 aliphatic carbocycles. The molecule has 0 spiro atoms. The summed E-state index contributed by atoms with van der Waals surface area (Å²) in [7, 11) is 0. The van der Waals surface area contributed by atoms with E-state index in [2.05, 4.69) is 24.1 Å². The van der Waals surface area contributed by atoms with Crippen LogP contribution in [0.5, 0.6) is 0 Å². The van der Waals surface area contributed by atoms with Crippen LogP contribution in [-0.4, -0.2) is 24.5 Å². The van der Waals surface area contributed by atoms with Gasteiger partial charge in [-0.25, -0.2) is 0 Å². The molecule has 116 valence electrons. The molecule has 1 heterocycles. The third kappa shape index (κ3) is 4.11. The van der Waals surface area contributed by atoms with Crippen LogP contribution in [0, 0.1) is 0 Å². The van der Waals surface area contributed by atoms with Crippen LogP contribution in [0.15, 0.2) is 18.2 Å². The number of hydrogen-bond donors (Lipinski definition) is 2. The van der Waals surface area contributed by atoms with Crippen molar-refractivity contribution in [2.75, 3.05) is 11.4 Å². The van der Waals surface area contributed by atoms with Crippen molar-refractivity contribution in [1.82, 2.24) is 5.32 Å². The minimum absolute atomic E-state index is 0.210. The van der Waals surface area contributed by atoms with Crippen LogP contribution in [0.2, 0.25) is 5.02 Å². The van der Waals surface area contributed by atoms with Crippen LogP contribution in [0.25, 0.3) is 0 Å². The fourth-order valence-electron chi connectivity index (χ4n) is 2.81. The standard InChI is InChI=1S/C16H24ClN3O/c1-11(2)19-10-12-9-13(17)6-7-14(12)20-8-4-3-5-15(20)16(18)21/h6-7,9,11,15,19H,3-5,8,10H2,1-2H3,(H2,18,21). The molecule has 1 aliphatic rings. The molecule has 1 amide bonds. The number of nitrogens with one attached hydrogen (secondary N) is 1. The number of hydrogen-bond acceptors (Lipinski definition) is 3. The molecule has 21 heavy (non-hydrogen) atoms. The maximum atomic E-state index is 11.7. The van der Waals surface area contributed by atoms with Crippen LogP contribution in [0.1, 0.15) is 38.7 Å². The third-order valence-electron chi connectivity index (χ3n) is 3.88. The average molecular weight is 310 g/mol. The molecule has 1 aliphatic heterocycles. The Morgan fingerprint density at radius 3 is 2.90 bits per heavy atom. The topological polar surface area (TPSA) is 58.4 Å². The summed E-state index contributed by atoms with van der Waals surface area (Å²) in [5.74, 6) is -0.243. The van der Waals surface area contributed by atoms with E-state index in [-0.39, 0.29) is 11.9 Å². The van der Waals surface area contributed by atoms with Gasteiger partial charge < -0.3 is 16.0 Å². The molecule has 0 bridgehead atoms. The van der Waals surface area contributed by atoms with Gasteiger partial charge in [0.2, 0.25) is 5.91 Å².